The van der Waals surface area contributed by atoms with Gasteiger partial charge in [0.1, 0.15) is 11.5 Å². The van der Waals surface area contributed by atoms with E-state index in [2.05, 4.69) is 5.32 Å². The van der Waals surface area contributed by atoms with Crippen molar-refractivity contribution >= 4 is 5.91 Å². The van der Waals surface area contributed by atoms with Gasteiger partial charge in [-0.2, -0.15) is 0 Å². The van der Waals surface area contributed by atoms with Crippen LogP contribution < -0.4 is 15.8 Å². The standard InChI is InChI=1S/C21H28N2O5/c1-14(9-10-28-13-15-3-6-17(27-2)7-4-15)23-12-20(25)16-5-8-19(24)18(11-16)21(22)26/h3-8,11,14,20,23-25H,9-10,12-13H2,1-2H3,(H2,22,26). The zero-order valence-electron chi connectivity index (χ0n) is 16.2. The van der Waals surface area contributed by atoms with Crippen molar-refractivity contribution in [3.63, 3.8) is 0 Å². The molecule has 2 aromatic rings. The topological polar surface area (TPSA) is 114 Å². The van der Waals surface area contributed by atoms with Crippen molar-refractivity contribution in [1.82, 2.24) is 5.32 Å². The highest BCUT2D eigenvalue weighted by Gasteiger charge is 2.14. The quantitative estimate of drug-likeness (QED) is 0.439. The van der Waals surface area contributed by atoms with Crippen molar-refractivity contribution in [2.75, 3.05) is 20.3 Å². The Morgan fingerprint density at radius 3 is 2.57 bits per heavy atom. The molecule has 0 aliphatic rings. The zero-order valence-corrected chi connectivity index (χ0v) is 16.2. The predicted octanol–water partition coefficient (Wildman–Crippen LogP) is 2.12. The van der Waals surface area contributed by atoms with E-state index in [4.69, 9.17) is 15.2 Å². The van der Waals surface area contributed by atoms with Gasteiger partial charge in [0, 0.05) is 19.2 Å². The Bertz CT molecular complexity index is 764. The first kappa shape index (κ1) is 21.7. The van der Waals surface area contributed by atoms with Gasteiger partial charge in [-0.05, 0) is 48.7 Å². The van der Waals surface area contributed by atoms with Gasteiger partial charge in [-0.15, -0.1) is 0 Å². The first-order valence-electron chi connectivity index (χ1n) is 9.15. The Hall–Kier alpha value is -2.61. The van der Waals surface area contributed by atoms with Gasteiger partial charge in [-0.1, -0.05) is 18.2 Å². The second kappa shape index (κ2) is 10.7. The number of amides is 1. The molecule has 0 radical (unpaired) electrons. The summed E-state index contributed by atoms with van der Waals surface area (Å²) in [7, 11) is 1.63. The smallest absolute Gasteiger partial charge is 0.252 e. The summed E-state index contributed by atoms with van der Waals surface area (Å²) in [6.07, 6.45) is -0.0355. The number of carbonyl (C=O) groups excluding carboxylic acids is 1. The number of nitrogens with two attached hydrogens (primary N) is 1. The lowest BCUT2D eigenvalue weighted by molar-refractivity contribution is 0.0997. The molecular formula is C21H28N2O5. The molecule has 2 unspecified atom stereocenters. The van der Waals surface area contributed by atoms with Crippen molar-refractivity contribution < 1.29 is 24.5 Å². The summed E-state index contributed by atoms with van der Waals surface area (Å²) >= 11 is 0. The summed E-state index contributed by atoms with van der Waals surface area (Å²) in [5, 5.41) is 23.1. The second-order valence-electron chi connectivity index (χ2n) is 6.66. The van der Waals surface area contributed by atoms with Gasteiger partial charge in [0.15, 0.2) is 0 Å². The molecule has 0 fully saturated rings. The van der Waals surface area contributed by atoms with Crippen LogP contribution in [0.25, 0.3) is 0 Å². The Balaban J connectivity index is 1.70. The first-order chi connectivity index (χ1) is 13.4. The van der Waals surface area contributed by atoms with Crippen LogP contribution in [-0.2, 0) is 11.3 Å². The first-order valence-corrected chi connectivity index (χ1v) is 9.15. The van der Waals surface area contributed by atoms with Crippen LogP contribution in [0.2, 0.25) is 0 Å². The summed E-state index contributed by atoms with van der Waals surface area (Å²) in [4.78, 5) is 11.3. The normalized spacial score (nSPS) is 13.1. The number of nitrogens with one attached hydrogen (secondary N) is 1. The van der Waals surface area contributed by atoms with Crippen LogP contribution in [0, 0.1) is 0 Å². The molecule has 7 nitrogen and oxygen atoms in total. The molecule has 2 rings (SSSR count). The fraction of sp³-hybridized carbons (Fsp3) is 0.381. The number of rotatable bonds is 11. The molecule has 0 aliphatic carbocycles. The van der Waals surface area contributed by atoms with Gasteiger partial charge in [0.05, 0.1) is 25.4 Å². The maximum Gasteiger partial charge on any atom is 0.252 e. The summed E-state index contributed by atoms with van der Waals surface area (Å²) in [5.74, 6) is -0.114. The molecule has 0 saturated carbocycles. The number of carbonyl (C=O) groups is 1. The third-order valence-electron chi connectivity index (χ3n) is 4.45. The Kier molecular flexibility index (Phi) is 8.25. The highest BCUT2D eigenvalue weighted by atomic mass is 16.5. The molecule has 0 heterocycles. The number of aliphatic hydroxyl groups is 1. The molecule has 0 aromatic heterocycles. The van der Waals surface area contributed by atoms with Crippen LogP contribution in [-0.4, -0.2) is 42.4 Å². The van der Waals surface area contributed by atoms with Gasteiger partial charge >= 0.3 is 0 Å². The Morgan fingerprint density at radius 2 is 1.93 bits per heavy atom. The Labute approximate surface area is 165 Å². The maximum absolute atomic E-state index is 11.3. The lowest BCUT2D eigenvalue weighted by atomic mass is 10.0. The molecule has 1 amide bonds. The number of hydrogen-bond acceptors (Lipinski definition) is 6. The van der Waals surface area contributed by atoms with E-state index in [0.717, 1.165) is 17.7 Å². The summed E-state index contributed by atoms with van der Waals surface area (Å²) in [6, 6.07) is 12.2. The Morgan fingerprint density at radius 1 is 1.21 bits per heavy atom. The third kappa shape index (κ3) is 6.53. The SMILES string of the molecule is COc1ccc(COCCC(C)NCC(O)c2ccc(O)c(C(N)=O)c2)cc1. The molecule has 0 spiro atoms. The van der Waals surface area contributed by atoms with Crippen molar-refractivity contribution in [3.8, 4) is 11.5 Å². The number of methoxy groups -OCH3 is 1. The van der Waals surface area contributed by atoms with E-state index < -0.39 is 12.0 Å². The predicted molar refractivity (Wildman–Crippen MR) is 106 cm³/mol. The van der Waals surface area contributed by atoms with E-state index in [1.807, 2.05) is 31.2 Å². The molecule has 28 heavy (non-hydrogen) atoms. The number of ether oxygens (including phenoxy) is 2. The van der Waals surface area contributed by atoms with Gasteiger partial charge < -0.3 is 30.7 Å². The molecule has 7 heteroatoms. The molecule has 5 N–H and O–H groups in total. The monoisotopic (exact) mass is 388 g/mol. The number of hydrogen-bond donors (Lipinski definition) is 4. The average Bonchev–Trinajstić information content (AvgIpc) is 2.70. The number of primary amides is 1. The number of aromatic hydroxyl groups is 1. The molecule has 0 saturated heterocycles. The second-order valence-corrected chi connectivity index (χ2v) is 6.66. The number of phenols is 1. The van der Waals surface area contributed by atoms with Gasteiger partial charge in [-0.25, -0.2) is 0 Å². The molecule has 2 atom stereocenters. The highest BCUT2D eigenvalue weighted by molar-refractivity contribution is 5.95. The summed E-state index contributed by atoms with van der Waals surface area (Å²) in [6.45, 7) is 3.43. The fourth-order valence-corrected chi connectivity index (χ4v) is 2.66. The minimum absolute atomic E-state index is 0.00321. The summed E-state index contributed by atoms with van der Waals surface area (Å²) in [5.41, 5.74) is 6.80. The fourth-order valence-electron chi connectivity index (χ4n) is 2.66. The number of aliphatic hydroxyl groups excluding tert-OH is 1. The molecule has 0 bridgehead atoms. The minimum Gasteiger partial charge on any atom is -0.507 e. The molecular weight excluding hydrogens is 360 g/mol. The van der Waals surface area contributed by atoms with Crippen LogP contribution in [0.3, 0.4) is 0 Å². The third-order valence-corrected chi connectivity index (χ3v) is 4.45. The number of benzene rings is 2. The summed E-state index contributed by atoms with van der Waals surface area (Å²) < 4.78 is 10.8. The van der Waals surface area contributed by atoms with Gasteiger partial charge in [0.25, 0.3) is 5.91 Å². The van der Waals surface area contributed by atoms with Gasteiger partial charge in [0.2, 0.25) is 0 Å². The van der Waals surface area contributed by atoms with Gasteiger partial charge in [-0.3, -0.25) is 4.79 Å². The van der Waals surface area contributed by atoms with Crippen LogP contribution in [0.4, 0.5) is 0 Å². The molecule has 152 valence electrons. The van der Waals surface area contributed by atoms with E-state index in [-0.39, 0.29) is 17.4 Å². The highest BCUT2D eigenvalue weighted by Crippen LogP contribution is 2.22. The van der Waals surface area contributed by atoms with Crippen molar-refractivity contribution in [3.05, 3.63) is 59.2 Å². The van der Waals surface area contributed by atoms with Crippen LogP contribution in [0.5, 0.6) is 11.5 Å². The van der Waals surface area contributed by atoms with E-state index in [1.165, 1.54) is 12.1 Å². The molecule has 2 aromatic carbocycles. The van der Waals surface area contributed by atoms with Crippen molar-refractivity contribution in [1.29, 1.82) is 0 Å². The van der Waals surface area contributed by atoms with Crippen molar-refractivity contribution in [2.45, 2.75) is 32.1 Å². The van der Waals surface area contributed by atoms with Crippen molar-refractivity contribution in [2.24, 2.45) is 5.73 Å². The van der Waals surface area contributed by atoms with E-state index in [0.29, 0.717) is 25.3 Å². The molecule has 0 aliphatic heterocycles. The van der Waals surface area contributed by atoms with Crippen LogP contribution in [0.15, 0.2) is 42.5 Å². The van der Waals surface area contributed by atoms with Crippen LogP contribution >= 0.6 is 0 Å². The minimum atomic E-state index is -0.818. The lowest BCUT2D eigenvalue weighted by Gasteiger charge is -2.18. The van der Waals surface area contributed by atoms with Crippen LogP contribution in [0.1, 0.15) is 40.9 Å². The van der Waals surface area contributed by atoms with E-state index >= 15 is 0 Å². The zero-order chi connectivity index (χ0) is 20.5. The van der Waals surface area contributed by atoms with E-state index in [1.54, 1.807) is 13.2 Å². The van der Waals surface area contributed by atoms with E-state index in [9.17, 15) is 15.0 Å². The largest absolute Gasteiger partial charge is 0.507 e. The average molecular weight is 388 g/mol. The lowest BCUT2D eigenvalue weighted by Crippen LogP contribution is -2.31. The maximum atomic E-state index is 11.3.